The summed E-state index contributed by atoms with van der Waals surface area (Å²) in [7, 11) is 1.24. The van der Waals surface area contributed by atoms with Crippen LogP contribution < -0.4 is 26.0 Å². The van der Waals surface area contributed by atoms with Crippen LogP contribution in [-0.4, -0.2) is 122 Å². The van der Waals surface area contributed by atoms with E-state index in [0.29, 0.717) is 51.7 Å². The zero-order valence-corrected chi connectivity index (χ0v) is 46.8. The lowest BCUT2D eigenvalue weighted by Crippen LogP contribution is -2.61. The zero-order valence-electron chi connectivity index (χ0n) is 45.2. The summed E-state index contributed by atoms with van der Waals surface area (Å²) in [5.74, 6) is -3.21. The Labute approximate surface area is 465 Å². The number of hydrogen-bond acceptors (Lipinski definition) is 16. The van der Waals surface area contributed by atoms with Crippen LogP contribution in [0.3, 0.4) is 0 Å². The molecule has 4 fully saturated rings. The Balaban J connectivity index is 0.909. The number of methoxy groups -OCH3 is 1. The number of aromatic nitrogens is 4. The lowest BCUT2D eigenvalue weighted by Gasteiger charge is -2.32. The number of anilines is 2. The number of hydrogen-bond donors (Lipinski definition) is 3. The zero-order chi connectivity index (χ0) is 56.2. The van der Waals surface area contributed by atoms with Crippen LogP contribution in [0.5, 0.6) is 0 Å². The molecule has 79 heavy (non-hydrogen) atoms. The second-order valence-corrected chi connectivity index (χ2v) is 23.4. The maximum atomic E-state index is 14.6. The van der Waals surface area contributed by atoms with Crippen LogP contribution in [0.2, 0.25) is 0 Å². The van der Waals surface area contributed by atoms with Gasteiger partial charge in [-0.3, -0.25) is 49.4 Å². The molecule has 4 saturated heterocycles. The molecule has 4 unspecified atom stereocenters. The van der Waals surface area contributed by atoms with Gasteiger partial charge in [-0.1, -0.05) is 30.3 Å². The number of hydrazine groups is 1. The van der Waals surface area contributed by atoms with Crippen molar-refractivity contribution in [3.05, 3.63) is 115 Å². The summed E-state index contributed by atoms with van der Waals surface area (Å²) in [6, 6.07) is 14.3. The number of carbonyl (C=O) groups excluding carboxylic acids is 8. The highest BCUT2D eigenvalue weighted by Crippen LogP contribution is 2.38. The molecule has 4 aliphatic heterocycles. The molecule has 0 radical (unpaired) electrons. The summed E-state index contributed by atoms with van der Waals surface area (Å²) < 4.78 is 10.4. The van der Waals surface area contributed by atoms with Gasteiger partial charge in [0.25, 0.3) is 23.6 Å². The normalized spacial score (nSPS) is 19.4. The average Bonchev–Trinajstić information content (AvgIpc) is 4.43. The molecule has 8 heterocycles. The molecule has 0 bridgehead atoms. The van der Waals surface area contributed by atoms with E-state index in [0.717, 1.165) is 52.6 Å². The molecule has 1 aromatic carbocycles. The number of esters is 1. The van der Waals surface area contributed by atoms with Gasteiger partial charge in [0.1, 0.15) is 38.5 Å². The van der Waals surface area contributed by atoms with E-state index in [9.17, 15) is 38.4 Å². The van der Waals surface area contributed by atoms with Crippen molar-refractivity contribution >= 4 is 81.8 Å². The SMILES string of the molecule is COC(=O)c1cc(C(=O)N2CCCC2c2nc(CC3CCN(c4cc(C(=O)N5CCCC5c5nc(C)cs5)cc(C(=O)NNC(=O)C(C)(Cc5ccccc5)NC(=O)OC(C)(C)C)n4)C(=O)C3)cs2)cc(N2CCCCC2=O)n1. The number of nitrogens with zero attached hydrogens (tertiary/aromatic N) is 8. The molecule has 416 valence electrons. The molecule has 0 spiro atoms. The Bertz CT molecular complexity index is 3160. The van der Waals surface area contributed by atoms with Crippen LogP contribution in [0.1, 0.15) is 166 Å². The van der Waals surface area contributed by atoms with Crippen molar-refractivity contribution in [3.63, 3.8) is 0 Å². The molecule has 23 heteroatoms. The minimum Gasteiger partial charge on any atom is -0.464 e. The number of amides is 7. The van der Waals surface area contributed by atoms with Gasteiger partial charge in [0.15, 0.2) is 5.69 Å². The van der Waals surface area contributed by atoms with Crippen LogP contribution in [-0.2, 0) is 36.7 Å². The molecule has 9 rings (SSSR count). The summed E-state index contributed by atoms with van der Waals surface area (Å²) in [5, 5.41) is 8.11. The predicted molar refractivity (Wildman–Crippen MR) is 293 cm³/mol. The highest BCUT2D eigenvalue weighted by atomic mass is 32.1. The van der Waals surface area contributed by atoms with E-state index in [1.807, 2.05) is 23.8 Å². The minimum atomic E-state index is -1.61. The van der Waals surface area contributed by atoms with Gasteiger partial charge in [-0.05, 0) is 122 Å². The Kier molecular flexibility index (Phi) is 16.9. The largest absolute Gasteiger partial charge is 0.464 e. The number of carbonyl (C=O) groups is 8. The van der Waals surface area contributed by atoms with Gasteiger partial charge in [-0.15, -0.1) is 22.7 Å². The van der Waals surface area contributed by atoms with Crippen LogP contribution in [0.4, 0.5) is 16.4 Å². The van der Waals surface area contributed by atoms with Gasteiger partial charge >= 0.3 is 12.1 Å². The molecule has 4 aromatic heterocycles. The van der Waals surface area contributed by atoms with Crippen molar-refractivity contribution in [2.24, 2.45) is 5.92 Å². The monoisotopic (exact) mass is 1120 g/mol. The molecular weight excluding hydrogens is 1050 g/mol. The van der Waals surface area contributed by atoms with Crippen molar-refractivity contribution in [2.75, 3.05) is 43.1 Å². The highest BCUT2D eigenvalue weighted by molar-refractivity contribution is 7.10. The number of nitrogens with one attached hydrogen (secondary N) is 3. The maximum Gasteiger partial charge on any atom is 0.408 e. The van der Waals surface area contributed by atoms with E-state index in [4.69, 9.17) is 14.5 Å². The fourth-order valence-electron chi connectivity index (χ4n) is 10.5. The number of likely N-dealkylation sites (tertiary alicyclic amines) is 2. The van der Waals surface area contributed by atoms with Gasteiger partial charge in [0.05, 0.1) is 24.9 Å². The lowest BCUT2D eigenvalue weighted by atomic mass is 9.92. The second kappa shape index (κ2) is 23.7. The molecule has 4 atom stereocenters. The second-order valence-electron chi connectivity index (χ2n) is 21.6. The van der Waals surface area contributed by atoms with Crippen molar-refractivity contribution in [3.8, 4) is 0 Å². The lowest BCUT2D eigenvalue weighted by molar-refractivity contribution is -0.128. The Hall–Kier alpha value is -7.66. The van der Waals surface area contributed by atoms with Gasteiger partial charge in [-0.25, -0.2) is 29.5 Å². The van der Waals surface area contributed by atoms with Crippen LogP contribution >= 0.6 is 22.7 Å². The minimum absolute atomic E-state index is 0.0401. The topological polar surface area (TPSA) is 256 Å². The Morgan fingerprint density at radius 3 is 1.92 bits per heavy atom. The summed E-state index contributed by atoms with van der Waals surface area (Å²) in [5.41, 5.74) is 4.81. The first kappa shape index (κ1) is 56.1. The van der Waals surface area contributed by atoms with Gasteiger partial charge < -0.3 is 24.6 Å². The van der Waals surface area contributed by atoms with Gasteiger partial charge in [0.2, 0.25) is 11.8 Å². The number of aryl methyl sites for hydroxylation is 1. The van der Waals surface area contributed by atoms with E-state index in [1.165, 1.54) is 64.7 Å². The van der Waals surface area contributed by atoms with E-state index in [1.54, 1.807) is 60.9 Å². The standard InChI is InChI=1S/C56H65N11O10S2/c1-33-31-78-48(57-33)41-16-12-21-64(41)50(71)36-26-39(47(70)62-63-53(74)56(5,30-34-14-8-7-9-15-34)61-54(75)77-55(2,3)4)59-43(28-36)67-23-19-35(25-46(67)69)24-38-32-79-49(58-38)42-17-13-22-65(42)51(72)37-27-40(52(73)76-6)60-44(29-37)66-20-11-10-18-45(66)68/h7-9,14-15,26-29,31-32,35,41-42H,10-13,16-25,30H2,1-6H3,(H,61,75)(H,62,70)(H,63,74). The highest BCUT2D eigenvalue weighted by Gasteiger charge is 2.40. The summed E-state index contributed by atoms with van der Waals surface area (Å²) in [4.78, 5) is 135. The van der Waals surface area contributed by atoms with Crippen LogP contribution in [0.15, 0.2) is 65.4 Å². The summed E-state index contributed by atoms with van der Waals surface area (Å²) in [6.45, 7) is 10.1. The van der Waals surface area contributed by atoms with Crippen LogP contribution in [0.25, 0.3) is 0 Å². The van der Waals surface area contributed by atoms with Crippen molar-refractivity contribution in [1.82, 2.24) is 45.9 Å². The molecule has 0 aliphatic carbocycles. The molecule has 0 saturated carbocycles. The number of pyridine rings is 2. The van der Waals surface area contributed by atoms with Crippen LogP contribution in [0, 0.1) is 12.8 Å². The molecule has 5 aromatic rings. The predicted octanol–water partition coefficient (Wildman–Crippen LogP) is 7.23. The smallest absolute Gasteiger partial charge is 0.408 e. The quantitative estimate of drug-likeness (QED) is 0.0733. The van der Waals surface area contributed by atoms with Crippen molar-refractivity contribution < 1.29 is 47.8 Å². The molecule has 7 amide bonds. The van der Waals surface area contributed by atoms with E-state index in [-0.39, 0.29) is 95.2 Å². The number of benzene rings is 1. The fraction of sp³-hybridized carbons (Fsp3) is 0.464. The average molecular weight is 1120 g/mol. The third-order valence-corrected chi connectivity index (χ3v) is 16.5. The first-order valence-electron chi connectivity index (χ1n) is 26.6. The summed E-state index contributed by atoms with van der Waals surface area (Å²) >= 11 is 2.92. The number of ether oxygens (including phenoxy) is 2. The van der Waals surface area contributed by atoms with E-state index < -0.39 is 35.0 Å². The van der Waals surface area contributed by atoms with Crippen molar-refractivity contribution in [1.29, 1.82) is 0 Å². The molecular formula is C56H65N11O10S2. The first-order chi connectivity index (χ1) is 37.7. The first-order valence-corrected chi connectivity index (χ1v) is 28.4. The fourth-order valence-corrected chi connectivity index (χ4v) is 12.4. The third-order valence-electron chi connectivity index (χ3n) is 14.4. The molecule has 3 N–H and O–H groups in total. The Morgan fingerprint density at radius 2 is 1.32 bits per heavy atom. The number of thiazole rings is 2. The maximum absolute atomic E-state index is 14.6. The molecule has 21 nitrogen and oxygen atoms in total. The molecule has 4 aliphatic rings. The van der Waals surface area contributed by atoms with Gasteiger partial charge in [-0.2, -0.15) is 0 Å². The number of alkyl carbamates (subject to hydrolysis) is 1. The Morgan fingerprint density at radius 1 is 0.696 bits per heavy atom. The number of piperidine rings is 2. The van der Waals surface area contributed by atoms with E-state index >= 15 is 0 Å². The van der Waals surface area contributed by atoms with Gasteiger partial charge in [0, 0.05) is 73.0 Å². The number of rotatable bonds is 14. The third kappa shape index (κ3) is 13.1. The van der Waals surface area contributed by atoms with Crippen molar-refractivity contribution in [2.45, 2.75) is 128 Å². The van der Waals surface area contributed by atoms with E-state index in [2.05, 4.69) is 31.1 Å². The summed E-state index contributed by atoms with van der Waals surface area (Å²) in [6.07, 6.45) is 5.07.